The van der Waals surface area contributed by atoms with Crippen LogP contribution in [0.3, 0.4) is 0 Å². The van der Waals surface area contributed by atoms with Crippen LogP contribution in [0.15, 0.2) is 41.8 Å². The highest BCUT2D eigenvalue weighted by atomic mass is 35.5. The molecule has 1 aliphatic rings. The van der Waals surface area contributed by atoms with Crippen LogP contribution >= 0.6 is 22.9 Å². The Labute approximate surface area is 197 Å². The second-order valence-electron chi connectivity index (χ2n) is 7.37. The average Bonchev–Trinajstić information content (AvgIpc) is 3.39. The number of hydrogen-bond donors (Lipinski definition) is 1. The minimum absolute atomic E-state index is 0.140. The molecule has 1 aliphatic heterocycles. The third kappa shape index (κ3) is 4.80. The van der Waals surface area contributed by atoms with Crippen molar-refractivity contribution in [2.45, 2.75) is 31.0 Å². The van der Waals surface area contributed by atoms with Crippen LogP contribution in [0.25, 0.3) is 0 Å². The fourth-order valence-electron chi connectivity index (χ4n) is 3.55. The number of benzene rings is 1. The molecule has 2 atom stereocenters. The molecule has 182 valence electrons. The minimum atomic E-state index is -4.88. The van der Waals surface area contributed by atoms with E-state index in [4.69, 9.17) is 11.6 Å². The summed E-state index contributed by atoms with van der Waals surface area (Å²) < 4.78 is 83.0. The fourth-order valence-corrected chi connectivity index (χ4v) is 4.60. The normalized spacial score (nSPS) is 18.2. The molecule has 34 heavy (non-hydrogen) atoms. The zero-order chi connectivity index (χ0) is 24.8. The summed E-state index contributed by atoms with van der Waals surface area (Å²) >= 11 is 7.59. The summed E-state index contributed by atoms with van der Waals surface area (Å²) in [6.45, 7) is 0. The van der Waals surface area contributed by atoms with Crippen LogP contribution in [0.2, 0.25) is 5.02 Å². The van der Waals surface area contributed by atoms with E-state index in [9.17, 15) is 31.1 Å². The van der Waals surface area contributed by atoms with Gasteiger partial charge in [-0.1, -0.05) is 17.7 Å². The number of rotatable bonds is 4. The molecule has 0 saturated heterocycles. The summed E-state index contributed by atoms with van der Waals surface area (Å²) in [5, 5.41) is 8.26. The number of alkyl halides is 6. The summed E-state index contributed by atoms with van der Waals surface area (Å²) in [5.74, 6) is -1.48. The first-order valence-electron chi connectivity index (χ1n) is 9.63. The standard InChI is InChI=1S/C20H15ClF6N4O2S/c1-30(10-4-6-11(7-5-10)33-20(25,26)27)18(32)16-15(21)17-28-12(13-3-2-8-34-13)9-14(19(22,23)24)31(17)29-16/h2-8,12,14,28H,9H2,1H3/t12-,14-/m1/s1. The molecule has 1 amide bonds. The Kier molecular flexibility index (Phi) is 6.19. The molecular formula is C20H15ClF6N4O2S. The molecule has 3 aromatic rings. The molecule has 3 heterocycles. The van der Waals surface area contributed by atoms with Crippen LogP contribution in [0.4, 0.5) is 37.8 Å². The van der Waals surface area contributed by atoms with Crippen molar-refractivity contribution in [1.82, 2.24) is 9.78 Å². The van der Waals surface area contributed by atoms with Gasteiger partial charge in [-0.3, -0.25) is 4.79 Å². The predicted molar refractivity (Wildman–Crippen MR) is 113 cm³/mol. The Bertz CT molecular complexity index is 1180. The van der Waals surface area contributed by atoms with Gasteiger partial charge in [0.05, 0.1) is 6.04 Å². The molecular weight excluding hydrogens is 510 g/mol. The average molecular weight is 525 g/mol. The van der Waals surface area contributed by atoms with Gasteiger partial charge in [0.2, 0.25) is 0 Å². The summed E-state index contributed by atoms with van der Waals surface area (Å²) in [5.41, 5.74) is -0.276. The maximum atomic E-state index is 13.8. The summed E-state index contributed by atoms with van der Waals surface area (Å²) in [4.78, 5) is 14.7. The Morgan fingerprint density at radius 3 is 2.44 bits per heavy atom. The molecule has 0 spiro atoms. The van der Waals surface area contributed by atoms with E-state index in [1.54, 1.807) is 17.5 Å². The lowest BCUT2D eigenvalue weighted by Crippen LogP contribution is -2.35. The number of nitrogens with one attached hydrogen (secondary N) is 1. The highest BCUT2D eigenvalue weighted by molar-refractivity contribution is 7.10. The minimum Gasteiger partial charge on any atom is -0.406 e. The van der Waals surface area contributed by atoms with Gasteiger partial charge in [-0.2, -0.15) is 18.3 Å². The maximum Gasteiger partial charge on any atom is 0.573 e. The van der Waals surface area contributed by atoms with Crippen molar-refractivity contribution in [3.8, 4) is 5.75 Å². The Morgan fingerprint density at radius 2 is 1.88 bits per heavy atom. The number of carbonyl (C=O) groups excluding carboxylic acids is 1. The third-order valence-corrected chi connectivity index (χ3v) is 6.49. The number of nitrogens with zero attached hydrogens (tertiary/aromatic N) is 3. The van der Waals surface area contributed by atoms with Crippen molar-refractivity contribution >= 4 is 40.4 Å². The molecule has 1 N–H and O–H groups in total. The Balaban J connectivity index is 1.64. The first-order valence-corrected chi connectivity index (χ1v) is 10.9. The monoisotopic (exact) mass is 524 g/mol. The highest BCUT2D eigenvalue weighted by Crippen LogP contribution is 2.47. The van der Waals surface area contributed by atoms with Gasteiger partial charge in [-0.25, -0.2) is 4.68 Å². The molecule has 0 saturated carbocycles. The molecule has 0 fully saturated rings. The first-order chi connectivity index (χ1) is 15.8. The van der Waals surface area contributed by atoms with E-state index in [1.165, 1.54) is 30.5 Å². The van der Waals surface area contributed by atoms with Crippen LogP contribution in [-0.4, -0.2) is 35.3 Å². The number of thiophene rings is 1. The van der Waals surface area contributed by atoms with E-state index >= 15 is 0 Å². The van der Waals surface area contributed by atoms with Crippen LogP contribution in [0.1, 0.15) is 33.9 Å². The molecule has 0 unspecified atom stereocenters. The second-order valence-corrected chi connectivity index (χ2v) is 8.72. The van der Waals surface area contributed by atoms with Crippen molar-refractivity contribution in [2.24, 2.45) is 0 Å². The van der Waals surface area contributed by atoms with Gasteiger partial charge in [0.15, 0.2) is 11.7 Å². The van der Waals surface area contributed by atoms with Crippen LogP contribution in [0.5, 0.6) is 5.75 Å². The third-order valence-electron chi connectivity index (χ3n) is 5.15. The van der Waals surface area contributed by atoms with E-state index in [0.29, 0.717) is 9.56 Å². The molecule has 14 heteroatoms. The van der Waals surface area contributed by atoms with Gasteiger partial charge in [-0.05, 0) is 35.7 Å². The number of hydrogen-bond acceptors (Lipinski definition) is 5. The van der Waals surface area contributed by atoms with Gasteiger partial charge in [-0.15, -0.1) is 24.5 Å². The van der Waals surface area contributed by atoms with Crippen LogP contribution in [-0.2, 0) is 0 Å². The molecule has 0 bridgehead atoms. The number of carbonyl (C=O) groups is 1. The molecule has 2 aromatic heterocycles. The van der Waals surface area contributed by atoms with Crippen molar-refractivity contribution in [2.75, 3.05) is 17.3 Å². The fraction of sp³-hybridized carbons (Fsp3) is 0.300. The summed E-state index contributed by atoms with van der Waals surface area (Å²) in [6, 6.07) is 5.08. The lowest BCUT2D eigenvalue weighted by atomic mass is 10.0. The number of aromatic nitrogens is 2. The maximum absolute atomic E-state index is 13.8. The molecule has 1 aromatic carbocycles. The van der Waals surface area contributed by atoms with Crippen molar-refractivity contribution in [3.05, 3.63) is 57.4 Å². The largest absolute Gasteiger partial charge is 0.573 e. The van der Waals surface area contributed by atoms with Gasteiger partial charge in [0.25, 0.3) is 5.91 Å². The molecule has 6 nitrogen and oxygen atoms in total. The van der Waals surface area contributed by atoms with Crippen molar-refractivity contribution in [1.29, 1.82) is 0 Å². The SMILES string of the molecule is CN(C(=O)c1nn2c(c1Cl)N[C@@H](c1cccs1)C[C@@H]2C(F)(F)F)c1ccc(OC(F)(F)F)cc1. The first kappa shape index (κ1) is 24.2. The quantitative estimate of drug-likeness (QED) is 0.399. The van der Waals surface area contributed by atoms with Crippen molar-refractivity contribution < 1.29 is 35.9 Å². The van der Waals surface area contributed by atoms with Gasteiger partial charge in [0, 0.05) is 24.0 Å². The topological polar surface area (TPSA) is 59.4 Å². The molecule has 0 radical (unpaired) electrons. The molecule has 0 aliphatic carbocycles. The molecule has 4 rings (SSSR count). The van der Waals surface area contributed by atoms with Gasteiger partial charge >= 0.3 is 12.5 Å². The van der Waals surface area contributed by atoms with E-state index in [1.807, 2.05) is 0 Å². The Morgan fingerprint density at radius 1 is 1.21 bits per heavy atom. The van der Waals surface area contributed by atoms with E-state index in [0.717, 1.165) is 17.0 Å². The predicted octanol–water partition coefficient (Wildman–Crippen LogP) is 6.43. The lowest BCUT2D eigenvalue weighted by molar-refractivity contribution is -0.274. The highest BCUT2D eigenvalue weighted by Gasteiger charge is 2.48. The summed E-state index contributed by atoms with van der Waals surface area (Å²) in [6.07, 6.45) is -9.88. The second kappa shape index (κ2) is 8.69. The zero-order valence-electron chi connectivity index (χ0n) is 17.1. The summed E-state index contributed by atoms with van der Waals surface area (Å²) in [7, 11) is 1.29. The van der Waals surface area contributed by atoms with E-state index < -0.39 is 42.0 Å². The number of halogens is 7. The smallest absolute Gasteiger partial charge is 0.406 e. The van der Waals surface area contributed by atoms with Crippen LogP contribution in [0, 0.1) is 0 Å². The number of ether oxygens (including phenoxy) is 1. The Hall–Kier alpha value is -2.93. The van der Waals surface area contributed by atoms with Crippen molar-refractivity contribution in [3.63, 3.8) is 0 Å². The van der Waals surface area contributed by atoms with E-state index in [2.05, 4.69) is 15.2 Å². The van der Waals surface area contributed by atoms with E-state index in [-0.39, 0.29) is 22.9 Å². The lowest BCUT2D eigenvalue weighted by Gasteiger charge is -2.32. The number of anilines is 2. The zero-order valence-corrected chi connectivity index (χ0v) is 18.7. The van der Waals surface area contributed by atoms with Crippen LogP contribution < -0.4 is 15.0 Å². The number of fused-ring (bicyclic) bond motifs is 1. The number of amides is 1. The van der Waals surface area contributed by atoms with Gasteiger partial charge in [0.1, 0.15) is 16.6 Å². The van der Waals surface area contributed by atoms with Gasteiger partial charge < -0.3 is 15.0 Å².